The average molecular weight is 444 g/mol. The number of nitro groups is 1. The zero-order chi connectivity index (χ0) is 22.3. The van der Waals surface area contributed by atoms with Crippen LogP contribution in [0.4, 0.5) is 11.4 Å². The number of rotatable bonds is 6. The third-order valence-electron chi connectivity index (χ3n) is 6.17. The Hall–Kier alpha value is -2.91. The molecule has 4 unspecified atom stereocenters. The van der Waals surface area contributed by atoms with Crippen LogP contribution < -0.4 is 10.0 Å². The van der Waals surface area contributed by atoms with Gasteiger partial charge in [-0.05, 0) is 55.5 Å². The molecule has 0 saturated heterocycles. The van der Waals surface area contributed by atoms with Crippen molar-refractivity contribution in [1.29, 1.82) is 0 Å². The second-order valence-corrected chi connectivity index (χ2v) is 9.87. The molecular weight excluding hydrogens is 418 g/mol. The minimum atomic E-state index is -3.64. The fourth-order valence-electron chi connectivity index (χ4n) is 4.37. The Kier molecular flexibility index (Phi) is 5.49. The Morgan fingerprint density at radius 3 is 2.74 bits per heavy atom. The summed E-state index contributed by atoms with van der Waals surface area (Å²) in [5.74, 6) is -0.0614. The number of hydrogen-bond donors (Lipinski definition) is 3. The number of sulfonamides is 1. The van der Waals surface area contributed by atoms with Crippen molar-refractivity contribution in [3.8, 4) is 5.75 Å². The van der Waals surface area contributed by atoms with Gasteiger partial charge in [-0.15, -0.1) is 0 Å². The maximum atomic E-state index is 12.8. The lowest BCUT2D eigenvalue weighted by Crippen LogP contribution is -2.33. The van der Waals surface area contributed by atoms with Crippen LogP contribution in [0.1, 0.15) is 49.8 Å². The standard InChI is InChI=1S/C22H25N3O5S/c1-3-13(2)24-31(29,30)15-8-9-20-18(12-15)16-5-4-6-17(16)22(23-20)19-11-14(25(27)28)7-10-21(19)26/h4-5,7-13,16-17,22-24,26H,3,6H2,1-2H3. The van der Waals surface area contributed by atoms with E-state index in [9.17, 15) is 23.6 Å². The van der Waals surface area contributed by atoms with Crippen molar-refractivity contribution in [2.75, 3.05) is 5.32 Å². The van der Waals surface area contributed by atoms with Crippen LogP contribution in [0.2, 0.25) is 0 Å². The minimum absolute atomic E-state index is 0.000817. The van der Waals surface area contributed by atoms with Gasteiger partial charge in [0.2, 0.25) is 10.0 Å². The predicted molar refractivity (Wildman–Crippen MR) is 118 cm³/mol. The first-order valence-corrected chi connectivity index (χ1v) is 11.8. The van der Waals surface area contributed by atoms with Gasteiger partial charge in [0.1, 0.15) is 5.75 Å². The van der Waals surface area contributed by atoms with E-state index in [1.54, 1.807) is 18.2 Å². The molecule has 1 heterocycles. The summed E-state index contributed by atoms with van der Waals surface area (Å²) in [5.41, 5.74) is 2.01. The van der Waals surface area contributed by atoms with Crippen molar-refractivity contribution < 1.29 is 18.4 Å². The maximum Gasteiger partial charge on any atom is 0.270 e. The molecule has 2 aromatic carbocycles. The van der Waals surface area contributed by atoms with Gasteiger partial charge in [-0.1, -0.05) is 19.1 Å². The SMILES string of the molecule is CCC(C)NS(=O)(=O)c1ccc2c(c1)C1C=CCC1C(c1cc([N+](=O)[O-])ccc1O)N2. The van der Waals surface area contributed by atoms with Crippen LogP contribution in [-0.2, 0) is 10.0 Å². The lowest BCUT2D eigenvalue weighted by atomic mass is 9.77. The molecule has 0 aromatic heterocycles. The molecular formula is C22H25N3O5S. The van der Waals surface area contributed by atoms with Crippen LogP contribution in [0.5, 0.6) is 5.75 Å². The molecule has 2 aliphatic rings. The quantitative estimate of drug-likeness (QED) is 0.349. The van der Waals surface area contributed by atoms with Crippen LogP contribution in [0.15, 0.2) is 53.4 Å². The molecule has 8 nitrogen and oxygen atoms in total. The highest BCUT2D eigenvalue weighted by atomic mass is 32.2. The average Bonchev–Trinajstić information content (AvgIpc) is 3.23. The van der Waals surface area contributed by atoms with E-state index in [0.717, 1.165) is 11.3 Å². The molecule has 0 saturated carbocycles. The van der Waals surface area contributed by atoms with Gasteiger partial charge in [0.05, 0.1) is 15.9 Å². The van der Waals surface area contributed by atoms with Gasteiger partial charge in [0.15, 0.2) is 0 Å². The number of anilines is 1. The number of benzene rings is 2. The fourth-order valence-corrected chi connectivity index (χ4v) is 5.73. The molecule has 164 valence electrons. The third kappa shape index (κ3) is 3.90. The molecule has 0 radical (unpaired) electrons. The molecule has 9 heteroatoms. The lowest BCUT2D eigenvalue weighted by Gasteiger charge is -2.37. The van der Waals surface area contributed by atoms with Crippen molar-refractivity contribution in [3.63, 3.8) is 0 Å². The largest absolute Gasteiger partial charge is 0.508 e. The van der Waals surface area contributed by atoms with Crippen LogP contribution in [0, 0.1) is 16.0 Å². The Balaban J connectivity index is 1.74. The number of non-ortho nitro benzene ring substituents is 1. The van der Waals surface area contributed by atoms with E-state index in [-0.39, 0.29) is 40.3 Å². The highest BCUT2D eigenvalue weighted by Crippen LogP contribution is 2.51. The number of allylic oxidation sites excluding steroid dienone is 2. The molecule has 0 spiro atoms. The summed E-state index contributed by atoms with van der Waals surface area (Å²) in [6, 6.07) is 8.50. The number of phenolic OH excluding ortho intramolecular Hbond substituents is 1. The zero-order valence-electron chi connectivity index (χ0n) is 17.3. The van der Waals surface area contributed by atoms with Crippen LogP contribution in [-0.4, -0.2) is 24.5 Å². The molecule has 0 amide bonds. The Bertz CT molecular complexity index is 1160. The Labute approximate surface area is 181 Å². The number of nitro benzene ring substituents is 1. The van der Waals surface area contributed by atoms with Gasteiger partial charge >= 0.3 is 0 Å². The van der Waals surface area contributed by atoms with Gasteiger partial charge in [-0.3, -0.25) is 10.1 Å². The van der Waals surface area contributed by atoms with Crippen molar-refractivity contribution in [3.05, 3.63) is 69.8 Å². The van der Waals surface area contributed by atoms with Crippen LogP contribution in [0.3, 0.4) is 0 Å². The fraction of sp³-hybridized carbons (Fsp3) is 0.364. The van der Waals surface area contributed by atoms with Gasteiger partial charge in [-0.2, -0.15) is 0 Å². The molecule has 1 aliphatic carbocycles. The zero-order valence-corrected chi connectivity index (χ0v) is 18.1. The first-order chi connectivity index (χ1) is 14.7. The van der Waals surface area contributed by atoms with Gasteiger partial charge in [0.25, 0.3) is 5.69 Å². The summed E-state index contributed by atoms with van der Waals surface area (Å²) < 4.78 is 28.2. The van der Waals surface area contributed by atoms with E-state index >= 15 is 0 Å². The number of hydrogen-bond acceptors (Lipinski definition) is 6. The first-order valence-electron chi connectivity index (χ1n) is 10.3. The van der Waals surface area contributed by atoms with Crippen LogP contribution >= 0.6 is 0 Å². The highest BCUT2D eigenvalue weighted by Gasteiger charge is 2.40. The maximum absolute atomic E-state index is 12.8. The van der Waals surface area contributed by atoms with Crippen molar-refractivity contribution in [2.24, 2.45) is 5.92 Å². The first kappa shape index (κ1) is 21.3. The monoisotopic (exact) mass is 443 g/mol. The summed E-state index contributed by atoms with van der Waals surface area (Å²) >= 11 is 0. The van der Waals surface area contributed by atoms with Crippen molar-refractivity contribution >= 4 is 21.4 Å². The summed E-state index contributed by atoms with van der Waals surface area (Å²) in [7, 11) is -3.64. The summed E-state index contributed by atoms with van der Waals surface area (Å²) in [6.07, 6.45) is 5.48. The van der Waals surface area contributed by atoms with Gasteiger partial charge in [-0.25, -0.2) is 13.1 Å². The number of phenols is 1. The van der Waals surface area contributed by atoms with E-state index in [1.165, 1.54) is 18.2 Å². The highest BCUT2D eigenvalue weighted by molar-refractivity contribution is 7.89. The smallest absolute Gasteiger partial charge is 0.270 e. The molecule has 0 fully saturated rings. The normalized spacial score (nSPS) is 23.0. The van der Waals surface area contributed by atoms with Crippen LogP contribution in [0.25, 0.3) is 0 Å². The van der Waals surface area contributed by atoms with Gasteiger partial charge < -0.3 is 10.4 Å². The van der Waals surface area contributed by atoms with Crippen molar-refractivity contribution in [1.82, 2.24) is 4.72 Å². The molecule has 0 bridgehead atoms. The van der Waals surface area contributed by atoms with E-state index < -0.39 is 14.9 Å². The third-order valence-corrected chi connectivity index (χ3v) is 7.76. The minimum Gasteiger partial charge on any atom is -0.508 e. The molecule has 1 aliphatic heterocycles. The number of nitrogens with one attached hydrogen (secondary N) is 2. The molecule has 4 atom stereocenters. The molecule has 31 heavy (non-hydrogen) atoms. The number of fused-ring (bicyclic) bond motifs is 3. The summed E-state index contributed by atoms with van der Waals surface area (Å²) in [5, 5.41) is 25.0. The predicted octanol–water partition coefficient (Wildman–Crippen LogP) is 4.20. The number of aromatic hydroxyl groups is 1. The topological polar surface area (TPSA) is 122 Å². The summed E-state index contributed by atoms with van der Waals surface area (Å²) in [6.45, 7) is 3.74. The Morgan fingerprint density at radius 2 is 2.03 bits per heavy atom. The van der Waals surface area contributed by atoms with E-state index in [0.29, 0.717) is 18.4 Å². The molecule has 2 aromatic rings. The second kappa shape index (κ2) is 7.97. The second-order valence-electron chi connectivity index (χ2n) is 8.16. The van der Waals surface area contributed by atoms with Crippen molar-refractivity contribution in [2.45, 2.75) is 49.6 Å². The molecule has 4 rings (SSSR count). The Morgan fingerprint density at radius 1 is 1.26 bits per heavy atom. The van der Waals surface area contributed by atoms with E-state index in [2.05, 4.69) is 10.0 Å². The lowest BCUT2D eigenvalue weighted by molar-refractivity contribution is -0.385. The number of nitrogens with zero attached hydrogens (tertiary/aromatic N) is 1. The van der Waals surface area contributed by atoms with E-state index in [1.807, 2.05) is 26.0 Å². The van der Waals surface area contributed by atoms with Gasteiger partial charge in [0, 0.05) is 35.3 Å². The molecule has 3 N–H and O–H groups in total. The summed E-state index contributed by atoms with van der Waals surface area (Å²) in [4.78, 5) is 11.0. The van der Waals surface area contributed by atoms with E-state index in [4.69, 9.17) is 0 Å².